The van der Waals surface area contributed by atoms with Gasteiger partial charge in [-0.15, -0.1) is 0 Å². The SMILES string of the molecule is [2H]c1ccc2ccc3ccc(-c4ccc(-c5ccc6c(c5)-c5ccccc5S6(=O)=O)c5ccccc45)nc3c2n1. The first-order valence-corrected chi connectivity index (χ1v) is 14.2. The Morgan fingerprint density at radius 1 is 0.564 bits per heavy atom. The van der Waals surface area contributed by atoms with Crippen LogP contribution in [0.5, 0.6) is 0 Å². The normalized spacial score (nSPS) is 13.9. The Hall–Kier alpha value is -4.87. The van der Waals surface area contributed by atoms with Gasteiger partial charge in [-0.25, -0.2) is 13.4 Å². The molecule has 2 aromatic heterocycles. The predicted molar refractivity (Wildman–Crippen MR) is 156 cm³/mol. The fourth-order valence-corrected chi connectivity index (χ4v) is 7.45. The van der Waals surface area contributed by atoms with E-state index < -0.39 is 9.84 Å². The summed E-state index contributed by atoms with van der Waals surface area (Å²) in [5.74, 6) is 0. The molecule has 0 saturated heterocycles. The summed E-state index contributed by atoms with van der Waals surface area (Å²) in [5, 5.41) is 4.03. The highest BCUT2D eigenvalue weighted by Gasteiger charge is 2.32. The lowest BCUT2D eigenvalue weighted by Crippen LogP contribution is -1.96. The van der Waals surface area contributed by atoms with Gasteiger partial charge in [-0.3, -0.25) is 4.98 Å². The molecule has 8 rings (SSSR count). The summed E-state index contributed by atoms with van der Waals surface area (Å²) in [7, 11) is -3.51. The first-order valence-electron chi connectivity index (χ1n) is 13.2. The zero-order valence-electron chi connectivity index (χ0n) is 21.6. The zero-order chi connectivity index (χ0) is 27.0. The fraction of sp³-hybridized carbons (Fsp3) is 0. The van der Waals surface area contributed by atoms with Gasteiger partial charge in [0, 0.05) is 33.6 Å². The van der Waals surface area contributed by atoms with Crippen molar-refractivity contribution in [3.63, 3.8) is 0 Å². The standard InChI is InChI=1S/C34H20N2O2S/c37-39(38)31-10-4-3-9-28(31)29-20-23(14-18-32(29)39)24-15-16-27(26-8-2-1-7-25(24)26)30-17-13-22-12-11-21-6-5-19-35-33(21)34(22)36-30/h1-20H/i19D. The summed E-state index contributed by atoms with van der Waals surface area (Å²) in [6.45, 7) is 0. The third-order valence-corrected chi connectivity index (χ3v) is 9.50. The largest absolute Gasteiger partial charge is 0.254 e. The van der Waals surface area contributed by atoms with Crippen molar-refractivity contribution in [2.24, 2.45) is 0 Å². The maximum atomic E-state index is 13.1. The number of benzene rings is 5. The molecule has 3 heterocycles. The van der Waals surface area contributed by atoms with E-state index in [2.05, 4.69) is 35.3 Å². The number of fused-ring (bicyclic) bond motifs is 7. The van der Waals surface area contributed by atoms with E-state index in [1.54, 1.807) is 24.3 Å². The third kappa shape index (κ3) is 3.20. The van der Waals surface area contributed by atoms with E-state index in [1.165, 1.54) is 0 Å². The van der Waals surface area contributed by atoms with Crippen molar-refractivity contribution < 1.29 is 9.79 Å². The minimum absolute atomic E-state index is 0.215. The van der Waals surface area contributed by atoms with Crippen LogP contribution in [0, 0.1) is 0 Å². The first-order chi connectivity index (χ1) is 19.5. The van der Waals surface area contributed by atoms with E-state index in [0.717, 1.165) is 66.1 Å². The Labute approximate surface area is 226 Å². The van der Waals surface area contributed by atoms with Crippen molar-refractivity contribution in [1.82, 2.24) is 9.97 Å². The maximum absolute atomic E-state index is 13.1. The van der Waals surface area contributed by atoms with Crippen LogP contribution in [0.1, 0.15) is 1.37 Å². The molecule has 0 fully saturated rings. The van der Waals surface area contributed by atoms with Gasteiger partial charge < -0.3 is 0 Å². The number of nitrogens with zero attached hydrogens (tertiary/aromatic N) is 2. The maximum Gasteiger partial charge on any atom is 0.207 e. The van der Waals surface area contributed by atoms with Crippen LogP contribution in [-0.2, 0) is 9.84 Å². The minimum Gasteiger partial charge on any atom is -0.254 e. The van der Waals surface area contributed by atoms with E-state index in [9.17, 15) is 8.42 Å². The lowest BCUT2D eigenvalue weighted by Gasteiger charge is -2.13. The highest BCUT2D eigenvalue weighted by atomic mass is 32.2. The van der Waals surface area contributed by atoms with Gasteiger partial charge in [-0.05, 0) is 52.2 Å². The van der Waals surface area contributed by atoms with E-state index in [0.29, 0.717) is 9.79 Å². The Morgan fingerprint density at radius 3 is 2.13 bits per heavy atom. The lowest BCUT2D eigenvalue weighted by molar-refractivity contribution is 0.598. The van der Waals surface area contributed by atoms with Gasteiger partial charge in [0.25, 0.3) is 0 Å². The van der Waals surface area contributed by atoms with Crippen molar-refractivity contribution in [2.45, 2.75) is 9.79 Å². The van der Waals surface area contributed by atoms with Crippen molar-refractivity contribution in [3.8, 4) is 33.5 Å². The second-order valence-corrected chi connectivity index (χ2v) is 11.6. The molecule has 0 N–H and O–H groups in total. The molecular formula is C34H20N2O2S. The topological polar surface area (TPSA) is 59.9 Å². The summed E-state index contributed by atoms with van der Waals surface area (Å²) in [6, 6.07) is 36.9. The molecule has 0 aliphatic carbocycles. The third-order valence-electron chi connectivity index (χ3n) is 7.63. The second kappa shape index (κ2) is 8.06. The van der Waals surface area contributed by atoms with E-state index in [1.807, 2.05) is 60.7 Å². The molecule has 5 heteroatoms. The number of pyridine rings is 2. The van der Waals surface area contributed by atoms with Gasteiger partial charge in [-0.2, -0.15) is 0 Å². The molecule has 0 amide bonds. The summed E-state index contributed by atoms with van der Waals surface area (Å²) in [5.41, 5.74) is 6.79. The molecule has 39 heavy (non-hydrogen) atoms. The van der Waals surface area contributed by atoms with Crippen LogP contribution in [0.3, 0.4) is 0 Å². The van der Waals surface area contributed by atoms with Crippen molar-refractivity contribution in [1.29, 1.82) is 0 Å². The van der Waals surface area contributed by atoms with Gasteiger partial charge in [0.15, 0.2) is 0 Å². The van der Waals surface area contributed by atoms with Gasteiger partial charge in [-0.1, -0.05) is 84.9 Å². The molecule has 1 aliphatic rings. The van der Waals surface area contributed by atoms with Crippen molar-refractivity contribution in [3.05, 3.63) is 121 Å². The minimum atomic E-state index is -3.51. The molecule has 184 valence electrons. The molecule has 5 aromatic carbocycles. The quantitative estimate of drug-likeness (QED) is 0.216. The molecule has 7 aromatic rings. The van der Waals surface area contributed by atoms with Gasteiger partial charge in [0.2, 0.25) is 9.84 Å². The predicted octanol–water partition coefficient (Wildman–Crippen LogP) is 8.08. The summed E-state index contributed by atoms with van der Waals surface area (Å²) >= 11 is 0. The monoisotopic (exact) mass is 521 g/mol. The molecule has 0 radical (unpaired) electrons. The Kier molecular flexibility index (Phi) is 4.36. The van der Waals surface area contributed by atoms with Crippen LogP contribution >= 0.6 is 0 Å². The summed E-state index contributed by atoms with van der Waals surface area (Å²) < 4.78 is 34.2. The fourth-order valence-electron chi connectivity index (χ4n) is 5.78. The molecule has 0 unspecified atom stereocenters. The van der Waals surface area contributed by atoms with Crippen LogP contribution in [-0.4, -0.2) is 18.4 Å². The number of hydrogen-bond donors (Lipinski definition) is 0. The van der Waals surface area contributed by atoms with Gasteiger partial charge in [0.05, 0.1) is 27.9 Å². The molecule has 4 nitrogen and oxygen atoms in total. The van der Waals surface area contributed by atoms with Crippen LogP contribution in [0.25, 0.3) is 66.1 Å². The highest BCUT2D eigenvalue weighted by Crippen LogP contribution is 2.45. The number of rotatable bonds is 2. The highest BCUT2D eigenvalue weighted by molar-refractivity contribution is 7.92. The second-order valence-electron chi connectivity index (χ2n) is 9.76. The van der Waals surface area contributed by atoms with Gasteiger partial charge in [0.1, 0.15) is 0 Å². The molecule has 0 saturated carbocycles. The molecule has 1 aliphatic heterocycles. The number of hydrogen-bond acceptors (Lipinski definition) is 4. The van der Waals surface area contributed by atoms with Crippen molar-refractivity contribution in [2.75, 3.05) is 0 Å². The summed E-state index contributed by atoms with van der Waals surface area (Å²) in [6.07, 6.45) is 0.215. The van der Waals surface area contributed by atoms with E-state index in [4.69, 9.17) is 6.35 Å². The van der Waals surface area contributed by atoms with Crippen LogP contribution in [0.15, 0.2) is 131 Å². The zero-order valence-corrected chi connectivity index (χ0v) is 21.4. The summed E-state index contributed by atoms with van der Waals surface area (Å²) in [4.78, 5) is 10.2. The molecule has 0 spiro atoms. The van der Waals surface area contributed by atoms with E-state index in [-0.39, 0.29) is 6.17 Å². The van der Waals surface area contributed by atoms with Crippen LogP contribution < -0.4 is 0 Å². The first kappa shape index (κ1) is 21.1. The Morgan fingerprint density at radius 2 is 1.26 bits per heavy atom. The molecular weight excluding hydrogens is 500 g/mol. The van der Waals surface area contributed by atoms with Crippen molar-refractivity contribution >= 4 is 42.4 Å². The average molecular weight is 522 g/mol. The van der Waals surface area contributed by atoms with E-state index >= 15 is 0 Å². The Balaban J connectivity index is 1.33. The molecule has 0 bridgehead atoms. The van der Waals surface area contributed by atoms with Gasteiger partial charge >= 0.3 is 0 Å². The number of aromatic nitrogens is 2. The number of sulfone groups is 1. The van der Waals surface area contributed by atoms with Crippen LogP contribution in [0.4, 0.5) is 0 Å². The smallest absolute Gasteiger partial charge is 0.207 e. The lowest BCUT2D eigenvalue weighted by atomic mass is 9.92. The van der Waals surface area contributed by atoms with Crippen LogP contribution in [0.2, 0.25) is 0 Å². The Bertz CT molecular complexity index is 2310. The average Bonchev–Trinajstić information content (AvgIpc) is 3.22. The molecule has 0 atom stereocenters.